The smallest absolute Gasteiger partial charge is 0.283 e. The molecule has 1 aromatic heterocycles. The Balaban J connectivity index is 2.05. The van der Waals surface area contributed by atoms with E-state index in [2.05, 4.69) is 26.3 Å². The quantitative estimate of drug-likeness (QED) is 0.849. The monoisotopic (exact) mass is 333 g/mol. The van der Waals surface area contributed by atoms with Gasteiger partial charge in [0.25, 0.3) is 5.56 Å². The van der Waals surface area contributed by atoms with E-state index in [4.69, 9.17) is 0 Å². The van der Waals surface area contributed by atoms with Crippen LogP contribution in [0.1, 0.15) is 12.8 Å². The van der Waals surface area contributed by atoms with Crippen molar-refractivity contribution in [2.45, 2.75) is 19.4 Å². The van der Waals surface area contributed by atoms with Crippen LogP contribution < -0.4 is 10.9 Å². The third kappa shape index (κ3) is 3.65. The maximum absolute atomic E-state index is 12.0. The van der Waals surface area contributed by atoms with Crippen molar-refractivity contribution >= 4 is 32.4 Å². The number of nitrogens with zero attached hydrogens (tertiary/aromatic N) is 2. The van der Waals surface area contributed by atoms with E-state index in [1.54, 1.807) is 12.5 Å². The van der Waals surface area contributed by atoms with E-state index in [-0.39, 0.29) is 5.56 Å². The van der Waals surface area contributed by atoms with Gasteiger partial charge in [-0.25, -0.2) is 4.68 Å². The van der Waals surface area contributed by atoms with Crippen molar-refractivity contribution in [1.82, 2.24) is 9.78 Å². The molecule has 1 aliphatic carbocycles. The molecule has 0 saturated heterocycles. The molecule has 100 valence electrons. The Morgan fingerprint density at radius 2 is 2.33 bits per heavy atom. The average Bonchev–Trinajstić information content (AvgIpc) is 3.11. The normalized spacial score (nSPS) is 16.6. The lowest BCUT2D eigenvalue weighted by Crippen LogP contribution is -2.25. The van der Waals surface area contributed by atoms with E-state index in [1.807, 2.05) is 0 Å². The first-order valence-electron chi connectivity index (χ1n) is 5.87. The highest BCUT2D eigenvalue weighted by molar-refractivity contribution is 9.10. The molecule has 0 aromatic carbocycles. The Hall–Kier alpha value is -0.690. The highest BCUT2D eigenvalue weighted by atomic mass is 79.9. The Bertz CT molecular complexity index is 514. The molecule has 2 rings (SSSR count). The molecule has 1 saturated carbocycles. The van der Waals surface area contributed by atoms with Crippen LogP contribution in [0.15, 0.2) is 15.5 Å². The lowest BCUT2D eigenvalue weighted by molar-refractivity contribution is 0.532. The van der Waals surface area contributed by atoms with Gasteiger partial charge in [0.1, 0.15) is 4.47 Å². The van der Waals surface area contributed by atoms with E-state index in [0.29, 0.717) is 34.9 Å². The fourth-order valence-corrected chi connectivity index (χ4v) is 2.43. The van der Waals surface area contributed by atoms with Crippen molar-refractivity contribution < 1.29 is 4.21 Å². The standard InChI is InChI=1S/C11H16BrN3O2S/c1-18(17)5-4-13-9-6-14-15(7-8-2-3-8)11(16)10(9)12/h6,8,13H,2-5,7H2,1H3. The predicted octanol–water partition coefficient (Wildman–Crippen LogP) is 1.21. The maximum atomic E-state index is 12.0. The van der Waals surface area contributed by atoms with Gasteiger partial charge in [0.15, 0.2) is 0 Å². The molecular formula is C11H16BrN3O2S. The van der Waals surface area contributed by atoms with Crippen molar-refractivity contribution in [2.75, 3.05) is 23.9 Å². The van der Waals surface area contributed by atoms with Crippen molar-refractivity contribution in [2.24, 2.45) is 5.92 Å². The molecule has 0 amide bonds. The molecule has 18 heavy (non-hydrogen) atoms. The minimum atomic E-state index is -0.837. The number of aromatic nitrogens is 2. The number of anilines is 1. The molecular weight excluding hydrogens is 318 g/mol. The predicted molar refractivity (Wildman–Crippen MR) is 76.3 cm³/mol. The van der Waals surface area contributed by atoms with E-state index in [0.717, 1.165) is 0 Å². The number of hydrogen-bond acceptors (Lipinski definition) is 4. The second-order valence-electron chi connectivity index (χ2n) is 4.51. The SMILES string of the molecule is CS(=O)CCNc1cnn(CC2CC2)c(=O)c1Br. The average molecular weight is 334 g/mol. The van der Waals surface area contributed by atoms with Gasteiger partial charge in [-0.05, 0) is 34.7 Å². The molecule has 1 heterocycles. The van der Waals surface area contributed by atoms with Gasteiger partial charge in [-0.15, -0.1) is 0 Å². The summed E-state index contributed by atoms with van der Waals surface area (Å²) in [7, 11) is -0.837. The van der Waals surface area contributed by atoms with E-state index < -0.39 is 10.8 Å². The molecule has 1 unspecified atom stereocenters. The van der Waals surface area contributed by atoms with Crippen molar-refractivity contribution in [3.8, 4) is 0 Å². The van der Waals surface area contributed by atoms with Crippen LogP contribution in [0.3, 0.4) is 0 Å². The summed E-state index contributed by atoms with van der Waals surface area (Å²) >= 11 is 3.30. The van der Waals surface area contributed by atoms with Gasteiger partial charge in [-0.3, -0.25) is 9.00 Å². The molecule has 0 bridgehead atoms. The Kier molecular flexibility index (Phi) is 4.55. The maximum Gasteiger partial charge on any atom is 0.283 e. The molecule has 1 aliphatic rings. The minimum Gasteiger partial charge on any atom is -0.382 e. The molecule has 5 nitrogen and oxygen atoms in total. The highest BCUT2D eigenvalue weighted by Gasteiger charge is 2.23. The van der Waals surface area contributed by atoms with Crippen LogP contribution in [0.5, 0.6) is 0 Å². The van der Waals surface area contributed by atoms with Gasteiger partial charge < -0.3 is 5.32 Å². The first-order valence-corrected chi connectivity index (χ1v) is 8.39. The van der Waals surface area contributed by atoms with Crippen LogP contribution in [0.25, 0.3) is 0 Å². The van der Waals surface area contributed by atoms with Crippen LogP contribution in [-0.4, -0.2) is 32.5 Å². The summed E-state index contributed by atoms with van der Waals surface area (Å²) in [6, 6.07) is 0. The first kappa shape index (κ1) is 13.7. The van der Waals surface area contributed by atoms with Gasteiger partial charge in [0.05, 0.1) is 11.9 Å². The van der Waals surface area contributed by atoms with Gasteiger partial charge in [0.2, 0.25) is 0 Å². The molecule has 1 fully saturated rings. The molecule has 1 atom stereocenters. The van der Waals surface area contributed by atoms with Crippen molar-refractivity contribution in [3.05, 3.63) is 21.0 Å². The zero-order valence-electron chi connectivity index (χ0n) is 10.2. The highest BCUT2D eigenvalue weighted by Crippen LogP contribution is 2.30. The summed E-state index contributed by atoms with van der Waals surface area (Å²) in [4.78, 5) is 12.0. The van der Waals surface area contributed by atoms with Crippen LogP contribution in [0.4, 0.5) is 5.69 Å². The fraction of sp³-hybridized carbons (Fsp3) is 0.636. The zero-order valence-corrected chi connectivity index (χ0v) is 12.6. The number of hydrogen-bond donors (Lipinski definition) is 1. The molecule has 1 N–H and O–H groups in total. The minimum absolute atomic E-state index is 0.107. The van der Waals surface area contributed by atoms with Gasteiger partial charge in [-0.2, -0.15) is 5.10 Å². The molecule has 0 spiro atoms. The third-order valence-corrected chi connectivity index (χ3v) is 4.36. The van der Waals surface area contributed by atoms with Crippen LogP contribution >= 0.6 is 15.9 Å². The van der Waals surface area contributed by atoms with Gasteiger partial charge in [0, 0.05) is 35.9 Å². The Morgan fingerprint density at radius 1 is 1.61 bits per heavy atom. The summed E-state index contributed by atoms with van der Waals surface area (Å²) in [5, 5.41) is 7.22. The number of rotatable bonds is 6. The van der Waals surface area contributed by atoms with Crippen molar-refractivity contribution in [1.29, 1.82) is 0 Å². The van der Waals surface area contributed by atoms with Crippen LogP contribution in [0.2, 0.25) is 0 Å². The second kappa shape index (κ2) is 5.97. The molecule has 0 radical (unpaired) electrons. The topological polar surface area (TPSA) is 64.0 Å². The summed E-state index contributed by atoms with van der Waals surface area (Å²) in [6.07, 6.45) is 5.68. The summed E-state index contributed by atoms with van der Waals surface area (Å²) < 4.78 is 13.0. The van der Waals surface area contributed by atoms with E-state index >= 15 is 0 Å². The zero-order chi connectivity index (χ0) is 13.1. The summed E-state index contributed by atoms with van der Waals surface area (Å²) in [5.41, 5.74) is 0.557. The van der Waals surface area contributed by atoms with Crippen molar-refractivity contribution in [3.63, 3.8) is 0 Å². The van der Waals surface area contributed by atoms with Gasteiger partial charge in [-0.1, -0.05) is 0 Å². The summed E-state index contributed by atoms with van der Waals surface area (Å²) in [6.45, 7) is 1.27. The fourth-order valence-electron chi connectivity index (χ4n) is 1.59. The van der Waals surface area contributed by atoms with Gasteiger partial charge >= 0.3 is 0 Å². The Morgan fingerprint density at radius 3 is 2.94 bits per heavy atom. The summed E-state index contributed by atoms with van der Waals surface area (Å²) in [5.74, 6) is 1.17. The Labute approximate surface area is 117 Å². The lowest BCUT2D eigenvalue weighted by atomic mass is 10.4. The lowest BCUT2D eigenvalue weighted by Gasteiger charge is -2.09. The third-order valence-electron chi connectivity index (χ3n) is 2.82. The van der Waals surface area contributed by atoms with E-state index in [9.17, 15) is 9.00 Å². The van der Waals surface area contributed by atoms with Crippen LogP contribution in [-0.2, 0) is 17.3 Å². The largest absolute Gasteiger partial charge is 0.382 e. The molecule has 1 aromatic rings. The number of halogens is 1. The second-order valence-corrected chi connectivity index (χ2v) is 6.85. The first-order chi connectivity index (χ1) is 8.58. The van der Waals surface area contributed by atoms with E-state index in [1.165, 1.54) is 17.5 Å². The number of nitrogens with one attached hydrogen (secondary N) is 1. The van der Waals surface area contributed by atoms with Crippen LogP contribution in [0, 0.1) is 5.92 Å². The molecule has 7 heteroatoms. The molecule has 0 aliphatic heterocycles.